The van der Waals surface area contributed by atoms with Crippen molar-refractivity contribution in [2.45, 2.75) is 30.0 Å². The average molecular weight is 339 g/mol. The maximum absolute atomic E-state index is 12.4. The Bertz CT molecular complexity index is 604. The zero-order valence-electron chi connectivity index (χ0n) is 11.6. The van der Waals surface area contributed by atoms with Gasteiger partial charge in [0.15, 0.2) is 6.61 Å². The molecule has 6 nitrogen and oxygen atoms in total. The molecule has 1 aliphatic heterocycles. The summed E-state index contributed by atoms with van der Waals surface area (Å²) in [5.74, 6) is -0.286. The second kappa shape index (κ2) is 6.39. The maximum atomic E-state index is 12.4. The number of halogens is 3. The van der Waals surface area contributed by atoms with E-state index in [0.717, 1.165) is 18.7 Å². The summed E-state index contributed by atoms with van der Waals surface area (Å²) in [4.78, 5) is 3.51. The molecule has 2 heterocycles. The van der Waals surface area contributed by atoms with E-state index < -0.39 is 22.8 Å². The molecule has 1 unspecified atom stereocenters. The van der Waals surface area contributed by atoms with Crippen LogP contribution in [0, 0.1) is 0 Å². The fourth-order valence-corrected chi connectivity index (χ4v) is 3.58. The first kappa shape index (κ1) is 17.0. The van der Waals surface area contributed by atoms with Crippen LogP contribution in [0.15, 0.2) is 23.2 Å². The molecule has 1 aromatic rings. The summed E-state index contributed by atoms with van der Waals surface area (Å²) >= 11 is 0. The number of rotatable bonds is 4. The SMILES string of the molecule is NC1CCCN(S(=O)(=O)c2ccc(OCC(F)(F)F)nc2)C1. The topological polar surface area (TPSA) is 85.5 Å². The van der Waals surface area contributed by atoms with Crippen LogP contribution in [0.4, 0.5) is 13.2 Å². The molecule has 0 amide bonds. The van der Waals surface area contributed by atoms with Crippen LogP contribution in [-0.4, -0.2) is 49.6 Å². The minimum absolute atomic E-state index is 0.0963. The number of hydrogen-bond donors (Lipinski definition) is 1. The van der Waals surface area contributed by atoms with Crippen LogP contribution in [0.1, 0.15) is 12.8 Å². The van der Waals surface area contributed by atoms with Crippen molar-refractivity contribution in [2.75, 3.05) is 19.7 Å². The van der Waals surface area contributed by atoms with Gasteiger partial charge in [0, 0.05) is 25.2 Å². The van der Waals surface area contributed by atoms with E-state index in [2.05, 4.69) is 9.72 Å². The van der Waals surface area contributed by atoms with Gasteiger partial charge in [-0.25, -0.2) is 13.4 Å². The lowest BCUT2D eigenvalue weighted by molar-refractivity contribution is -0.154. The van der Waals surface area contributed by atoms with E-state index in [1.165, 1.54) is 10.4 Å². The number of aromatic nitrogens is 1. The summed E-state index contributed by atoms with van der Waals surface area (Å²) in [6, 6.07) is 2.06. The largest absolute Gasteiger partial charge is 0.468 e. The molecular weight excluding hydrogens is 323 g/mol. The van der Waals surface area contributed by atoms with Crippen LogP contribution in [0.5, 0.6) is 5.88 Å². The highest BCUT2D eigenvalue weighted by Crippen LogP contribution is 2.22. The molecule has 0 radical (unpaired) electrons. The lowest BCUT2D eigenvalue weighted by atomic mass is 10.1. The Hall–Kier alpha value is -1.39. The van der Waals surface area contributed by atoms with E-state index >= 15 is 0 Å². The van der Waals surface area contributed by atoms with Gasteiger partial charge in [-0.15, -0.1) is 0 Å². The number of pyridine rings is 1. The number of nitrogens with zero attached hydrogens (tertiary/aromatic N) is 2. The van der Waals surface area contributed by atoms with Crippen molar-refractivity contribution in [1.82, 2.24) is 9.29 Å². The third-order valence-corrected chi connectivity index (χ3v) is 5.00. The second-order valence-corrected chi connectivity index (χ2v) is 6.94. The monoisotopic (exact) mass is 339 g/mol. The summed E-state index contributed by atoms with van der Waals surface area (Å²) in [6.45, 7) is -0.899. The molecule has 2 N–H and O–H groups in total. The summed E-state index contributed by atoms with van der Waals surface area (Å²) in [5.41, 5.74) is 5.76. The Labute approximate surface area is 126 Å². The van der Waals surface area contributed by atoms with E-state index in [4.69, 9.17) is 5.73 Å². The Kier molecular flexibility index (Phi) is 4.93. The summed E-state index contributed by atoms with van der Waals surface area (Å²) in [5, 5.41) is 0. The van der Waals surface area contributed by atoms with E-state index in [1.54, 1.807) is 0 Å². The lowest BCUT2D eigenvalue weighted by Crippen LogP contribution is -2.45. The van der Waals surface area contributed by atoms with Crippen molar-refractivity contribution in [3.63, 3.8) is 0 Å². The zero-order valence-corrected chi connectivity index (χ0v) is 12.4. The molecule has 2 rings (SSSR count). The molecular formula is C12H16F3N3O3S. The molecule has 22 heavy (non-hydrogen) atoms. The normalized spacial score (nSPS) is 20.8. The van der Waals surface area contributed by atoms with Crippen molar-refractivity contribution in [3.8, 4) is 5.88 Å². The van der Waals surface area contributed by atoms with Gasteiger partial charge < -0.3 is 10.5 Å². The first-order valence-corrected chi connectivity index (χ1v) is 8.04. The van der Waals surface area contributed by atoms with Crippen LogP contribution < -0.4 is 10.5 Å². The van der Waals surface area contributed by atoms with Crippen molar-refractivity contribution in [2.24, 2.45) is 5.73 Å². The standard InChI is InChI=1S/C12H16F3N3O3S/c13-12(14,15)8-21-11-4-3-10(6-17-11)22(19,20)18-5-1-2-9(16)7-18/h3-4,6,9H,1-2,5,7-8,16H2. The Morgan fingerprint density at radius 2 is 2.14 bits per heavy atom. The molecule has 1 atom stereocenters. The maximum Gasteiger partial charge on any atom is 0.422 e. The third-order valence-electron chi connectivity index (χ3n) is 3.15. The van der Waals surface area contributed by atoms with Gasteiger partial charge in [0.1, 0.15) is 4.90 Å². The minimum atomic E-state index is -4.48. The molecule has 0 bridgehead atoms. The van der Waals surface area contributed by atoms with Crippen LogP contribution in [0.2, 0.25) is 0 Å². The van der Waals surface area contributed by atoms with Gasteiger partial charge in [0.05, 0.1) is 6.20 Å². The van der Waals surface area contributed by atoms with Crippen LogP contribution in [-0.2, 0) is 10.0 Å². The second-order valence-electron chi connectivity index (χ2n) is 5.00. The van der Waals surface area contributed by atoms with Gasteiger partial charge in [-0.3, -0.25) is 0 Å². The highest BCUT2D eigenvalue weighted by Gasteiger charge is 2.30. The molecule has 0 aromatic carbocycles. The molecule has 0 saturated carbocycles. The number of alkyl halides is 3. The molecule has 0 spiro atoms. The highest BCUT2D eigenvalue weighted by atomic mass is 32.2. The van der Waals surface area contributed by atoms with Crippen LogP contribution in [0.3, 0.4) is 0 Å². The smallest absolute Gasteiger partial charge is 0.422 e. The van der Waals surface area contributed by atoms with Gasteiger partial charge in [0.2, 0.25) is 15.9 Å². The van der Waals surface area contributed by atoms with Crippen LogP contribution >= 0.6 is 0 Å². The van der Waals surface area contributed by atoms with Gasteiger partial charge in [-0.05, 0) is 18.9 Å². The predicted octanol–water partition coefficient (Wildman–Crippen LogP) is 1.13. The molecule has 0 aliphatic carbocycles. The van der Waals surface area contributed by atoms with Gasteiger partial charge >= 0.3 is 6.18 Å². The van der Waals surface area contributed by atoms with E-state index in [-0.39, 0.29) is 23.4 Å². The van der Waals surface area contributed by atoms with E-state index in [1.807, 2.05) is 0 Å². The number of sulfonamides is 1. The first-order valence-electron chi connectivity index (χ1n) is 6.60. The summed E-state index contributed by atoms with van der Waals surface area (Å²) < 4.78 is 66.5. The molecule has 1 fully saturated rings. The summed E-state index contributed by atoms with van der Waals surface area (Å²) in [7, 11) is -3.74. The average Bonchev–Trinajstić information content (AvgIpc) is 2.45. The minimum Gasteiger partial charge on any atom is -0.468 e. The molecule has 1 aromatic heterocycles. The molecule has 10 heteroatoms. The first-order chi connectivity index (χ1) is 10.2. The number of ether oxygens (including phenoxy) is 1. The van der Waals surface area contributed by atoms with Crippen LogP contribution in [0.25, 0.3) is 0 Å². The lowest BCUT2D eigenvalue weighted by Gasteiger charge is -2.29. The number of hydrogen-bond acceptors (Lipinski definition) is 5. The molecule has 1 aliphatic rings. The van der Waals surface area contributed by atoms with Gasteiger partial charge in [-0.2, -0.15) is 17.5 Å². The van der Waals surface area contributed by atoms with Crippen molar-refractivity contribution < 1.29 is 26.3 Å². The zero-order chi connectivity index (χ0) is 16.4. The fourth-order valence-electron chi connectivity index (χ4n) is 2.10. The predicted molar refractivity (Wildman–Crippen MR) is 71.8 cm³/mol. The fraction of sp³-hybridized carbons (Fsp3) is 0.583. The van der Waals surface area contributed by atoms with Crippen molar-refractivity contribution >= 4 is 10.0 Å². The number of nitrogens with two attached hydrogens (primary N) is 1. The number of piperidine rings is 1. The van der Waals surface area contributed by atoms with Crippen molar-refractivity contribution in [3.05, 3.63) is 18.3 Å². The van der Waals surface area contributed by atoms with Crippen molar-refractivity contribution in [1.29, 1.82) is 0 Å². The molecule has 124 valence electrons. The quantitative estimate of drug-likeness (QED) is 0.889. The van der Waals surface area contributed by atoms with Gasteiger partial charge in [0.25, 0.3) is 0 Å². The van der Waals surface area contributed by atoms with Gasteiger partial charge in [-0.1, -0.05) is 0 Å². The Morgan fingerprint density at radius 1 is 1.41 bits per heavy atom. The van der Waals surface area contributed by atoms with E-state index in [0.29, 0.717) is 13.0 Å². The Balaban J connectivity index is 2.08. The summed E-state index contributed by atoms with van der Waals surface area (Å²) in [6.07, 6.45) is -2.06. The third kappa shape index (κ3) is 4.31. The molecule has 1 saturated heterocycles. The Morgan fingerprint density at radius 3 is 2.68 bits per heavy atom. The highest BCUT2D eigenvalue weighted by molar-refractivity contribution is 7.89. The van der Waals surface area contributed by atoms with E-state index in [9.17, 15) is 21.6 Å².